The number of anilines is 1. The Bertz CT molecular complexity index is 825. The molecule has 0 aliphatic carbocycles. The molecule has 0 radical (unpaired) electrons. The standard InChI is InChI=1S/C19H22N2O3S/c1-25(23,24)18-9-7-17(8-10-18)20-11-13-21(14-12-20)19(22)15-16-5-3-2-4-6-16/h2-10H,11-15H2,1H3. The molecule has 1 saturated heterocycles. The van der Waals surface area contributed by atoms with Crippen molar-refractivity contribution in [2.24, 2.45) is 0 Å². The lowest BCUT2D eigenvalue weighted by Gasteiger charge is -2.36. The summed E-state index contributed by atoms with van der Waals surface area (Å²) in [7, 11) is -3.17. The van der Waals surface area contributed by atoms with Crippen molar-refractivity contribution in [3.05, 3.63) is 60.2 Å². The molecule has 2 aromatic rings. The van der Waals surface area contributed by atoms with Crippen LogP contribution in [0.15, 0.2) is 59.5 Å². The molecule has 0 bridgehead atoms. The molecule has 1 aliphatic heterocycles. The Kier molecular flexibility index (Phi) is 5.08. The van der Waals surface area contributed by atoms with Crippen LogP contribution in [0.25, 0.3) is 0 Å². The van der Waals surface area contributed by atoms with Crippen molar-refractivity contribution in [3.63, 3.8) is 0 Å². The highest BCUT2D eigenvalue weighted by Crippen LogP contribution is 2.19. The van der Waals surface area contributed by atoms with E-state index in [0.29, 0.717) is 24.4 Å². The van der Waals surface area contributed by atoms with Gasteiger partial charge in [0.2, 0.25) is 5.91 Å². The fraction of sp³-hybridized carbons (Fsp3) is 0.316. The van der Waals surface area contributed by atoms with Gasteiger partial charge in [-0.1, -0.05) is 30.3 Å². The maximum atomic E-state index is 12.4. The van der Waals surface area contributed by atoms with Crippen molar-refractivity contribution in [1.82, 2.24) is 4.90 Å². The summed E-state index contributed by atoms with van der Waals surface area (Å²) in [6.07, 6.45) is 1.64. The summed E-state index contributed by atoms with van der Waals surface area (Å²) in [6.45, 7) is 2.86. The van der Waals surface area contributed by atoms with E-state index >= 15 is 0 Å². The van der Waals surface area contributed by atoms with Crippen LogP contribution in [-0.2, 0) is 21.1 Å². The average molecular weight is 358 g/mol. The maximum absolute atomic E-state index is 12.4. The summed E-state index contributed by atoms with van der Waals surface area (Å²) >= 11 is 0. The minimum absolute atomic E-state index is 0.151. The van der Waals surface area contributed by atoms with Gasteiger partial charge >= 0.3 is 0 Å². The molecule has 1 aliphatic rings. The molecule has 1 amide bonds. The van der Waals surface area contributed by atoms with Crippen molar-refractivity contribution in [2.45, 2.75) is 11.3 Å². The summed E-state index contributed by atoms with van der Waals surface area (Å²) in [6, 6.07) is 16.7. The van der Waals surface area contributed by atoms with Crippen LogP contribution in [0.5, 0.6) is 0 Å². The Morgan fingerprint density at radius 1 is 0.920 bits per heavy atom. The summed E-state index contributed by atoms with van der Waals surface area (Å²) in [5.41, 5.74) is 2.02. The van der Waals surface area contributed by atoms with E-state index in [9.17, 15) is 13.2 Å². The van der Waals surface area contributed by atoms with Crippen LogP contribution in [0.4, 0.5) is 5.69 Å². The van der Waals surface area contributed by atoms with Gasteiger partial charge in [0, 0.05) is 38.1 Å². The summed E-state index contributed by atoms with van der Waals surface area (Å²) in [4.78, 5) is 16.8. The lowest BCUT2D eigenvalue weighted by Crippen LogP contribution is -2.49. The van der Waals surface area contributed by atoms with Crippen LogP contribution in [-0.4, -0.2) is 51.7 Å². The second-order valence-electron chi connectivity index (χ2n) is 6.30. The number of hydrogen-bond donors (Lipinski definition) is 0. The van der Waals surface area contributed by atoms with Gasteiger partial charge in [-0.05, 0) is 29.8 Å². The third-order valence-corrected chi connectivity index (χ3v) is 5.59. The zero-order chi connectivity index (χ0) is 17.9. The van der Waals surface area contributed by atoms with E-state index < -0.39 is 9.84 Å². The Balaban J connectivity index is 1.57. The third kappa shape index (κ3) is 4.39. The molecule has 132 valence electrons. The number of hydrogen-bond acceptors (Lipinski definition) is 4. The fourth-order valence-corrected chi connectivity index (χ4v) is 3.63. The number of carbonyl (C=O) groups is 1. The lowest BCUT2D eigenvalue weighted by molar-refractivity contribution is -0.130. The number of carbonyl (C=O) groups excluding carboxylic acids is 1. The van der Waals surface area contributed by atoms with Crippen LogP contribution in [0.3, 0.4) is 0 Å². The van der Waals surface area contributed by atoms with E-state index in [4.69, 9.17) is 0 Å². The summed E-state index contributed by atoms with van der Waals surface area (Å²) < 4.78 is 23.1. The third-order valence-electron chi connectivity index (χ3n) is 4.46. The smallest absolute Gasteiger partial charge is 0.227 e. The average Bonchev–Trinajstić information content (AvgIpc) is 2.62. The minimum Gasteiger partial charge on any atom is -0.368 e. The Morgan fingerprint density at radius 2 is 1.52 bits per heavy atom. The summed E-state index contributed by atoms with van der Waals surface area (Å²) in [5, 5.41) is 0. The van der Waals surface area contributed by atoms with E-state index in [-0.39, 0.29) is 5.91 Å². The molecule has 6 heteroatoms. The van der Waals surface area contributed by atoms with E-state index in [1.807, 2.05) is 47.4 Å². The summed E-state index contributed by atoms with van der Waals surface area (Å²) in [5.74, 6) is 0.151. The molecule has 0 saturated carbocycles. The first-order chi connectivity index (χ1) is 11.9. The van der Waals surface area contributed by atoms with Gasteiger partial charge in [0.25, 0.3) is 0 Å². The monoisotopic (exact) mass is 358 g/mol. The zero-order valence-electron chi connectivity index (χ0n) is 14.3. The van der Waals surface area contributed by atoms with Crippen molar-refractivity contribution < 1.29 is 13.2 Å². The Labute approximate surface area is 148 Å². The second-order valence-corrected chi connectivity index (χ2v) is 8.31. The topological polar surface area (TPSA) is 57.7 Å². The van der Waals surface area contributed by atoms with Crippen LogP contribution in [0, 0.1) is 0 Å². The molecule has 5 nitrogen and oxygen atoms in total. The fourth-order valence-electron chi connectivity index (χ4n) is 3.00. The van der Waals surface area contributed by atoms with Crippen molar-refractivity contribution >= 4 is 21.4 Å². The highest BCUT2D eigenvalue weighted by molar-refractivity contribution is 7.90. The van der Waals surface area contributed by atoms with Gasteiger partial charge in [-0.15, -0.1) is 0 Å². The Morgan fingerprint density at radius 3 is 2.08 bits per heavy atom. The maximum Gasteiger partial charge on any atom is 0.227 e. The van der Waals surface area contributed by atoms with Gasteiger partial charge in [0.05, 0.1) is 11.3 Å². The first-order valence-corrected chi connectivity index (χ1v) is 10.2. The lowest BCUT2D eigenvalue weighted by atomic mass is 10.1. The van der Waals surface area contributed by atoms with Gasteiger partial charge in [-0.2, -0.15) is 0 Å². The molecule has 0 atom stereocenters. The number of nitrogens with zero attached hydrogens (tertiary/aromatic N) is 2. The number of amides is 1. The molecular weight excluding hydrogens is 336 g/mol. The second kappa shape index (κ2) is 7.27. The first kappa shape index (κ1) is 17.5. The van der Waals surface area contributed by atoms with E-state index in [0.717, 1.165) is 24.3 Å². The molecule has 1 heterocycles. The molecule has 3 rings (SSSR count). The van der Waals surface area contributed by atoms with Crippen LogP contribution >= 0.6 is 0 Å². The molecule has 1 fully saturated rings. The zero-order valence-corrected chi connectivity index (χ0v) is 15.1. The normalized spacial score (nSPS) is 15.2. The molecule has 2 aromatic carbocycles. The quantitative estimate of drug-likeness (QED) is 0.839. The molecule has 0 aromatic heterocycles. The molecule has 0 unspecified atom stereocenters. The van der Waals surface area contributed by atoms with Crippen molar-refractivity contribution in [1.29, 1.82) is 0 Å². The number of rotatable bonds is 4. The Hall–Kier alpha value is -2.34. The predicted molar refractivity (Wildman–Crippen MR) is 98.5 cm³/mol. The SMILES string of the molecule is CS(=O)(=O)c1ccc(N2CCN(C(=O)Cc3ccccc3)CC2)cc1. The van der Waals surface area contributed by atoms with Gasteiger partial charge in [-0.25, -0.2) is 8.42 Å². The number of benzene rings is 2. The highest BCUT2D eigenvalue weighted by atomic mass is 32.2. The number of piperazine rings is 1. The minimum atomic E-state index is -3.17. The molecule has 0 N–H and O–H groups in total. The van der Waals surface area contributed by atoms with E-state index in [1.165, 1.54) is 6.26 Å². The van der Waals surface area contributed by atoms with Crippen LogP contribution < -0.4 is 4.90 Å². The highest BCUT2D eigenvalue weighted by Gasteiger charge is 2.21. The van der Waals surface area contributed by atoms with Gasteiger partial charge < -0.3 is 9.80 Å². The molecule has 0 spiro atoms. The largest absolute Gasteiger partial charge is 0.368 e. The molecular formula is C19H22N2O3S. The van der Waals surface area contributed by atoms with E-state index in [2.05, 4.69) is 4.90 Å². The first-order valence-electron chi connectivity index (χ1n) is 8.30. The number of sulfone groups is 1. The van der Waals surface area contributed by atoms with Crippen LogP contribution in [0.1, 0.15) is 5.56 Å². The van der Waals surface area contributed by atoms with Gasteiger partial charge in [0.1, 0.15) is 0 Å². The van der Waals surface area contributed by atoms with Crippen molar-refractivity contribution in [2.75, 3.05) is 37.3 Å². The van der Waals surface area contributed by atoms with Gasteiger partial charge in [0.15, 0.2) is 9.84 Å². The molecule has 25 heavy (non-hydrogen) atoms. The van der Waals surface area contributed by atoms with Crippen LogP contribution in [0.2, 0.25) is 0 Å². The van der Waals surface area contributed by atoms with E-state index in [1.54, 1.807) is 12.1 Å². The predicted octanol–water partition coefficient (Wildman–Crippen LogP) is 1.98. The van der Waals surface area contributed by atoms with Gasteiger partial charge in [-0.3, -0.25) is 4.79 Å². The van der Waals surface area contributed by atoms with Crippen molar-refractivity contribution in [3.8, 4) is 0 Å².